The SMILES string of the molecule is CCOC(=O)c1c(-c2cnn(CC(C)(C)O)c2)nn2c1O[C@H](C)CC2. The van der Waals surface area contributed by atoms with E-state index in [1.54, 1.807) is 42.5 Å². The number of carbonyl (C=O) groups excluding carboxylic acids is 1. The lowest BCUT2D eigenvalue weighted by molar-refractivity contribution is 0.0513. The largest absolute Gasteiger partial charge is 0.474 e. The van der Waals surface area contributed by atoms with Crippen LogP contribution in [0.1, 0.15) is 44.5 Å². The minimum atomic E-state index is -0.890. The third kappa shape index (κ3) is 3.68. The van der Waals surface area contributed by atoms with Gasteiger partial charge in [0.2, 0.25) is 5.88 Å². The molecule has 8 heteroatoms. The number of aliphatic hydroxyl groups is 1. The second kappa shape index (κ2) is 6.51. The van der Waals surface area contributed by atoms with Crippen molar-refractivity contribution in [2.45, 2.75) is 58.9 Å². The van der Waals surface area contributed by atoms with Gasteiger partial charge in [-0.05, 0) is 27.7 Å². The van der Waals surface area contributed by atoms with Crippen molar-refractivity contribution < 1.29 is 19.4 Å². The molecule has 8 nitrogen and oxygen atoms in total. The standard InChI is InChI=1S/C17H24N4O4/c1-5-24-16(22)13-14(19-21-7-6-11(2)25-15(13)21)12-8-18-20(9-12)10-17(3,4)23/h8-9,11,23H,5-7,10H2,1-4H3/t11-/m1/s1. The summed E-state index contributed by atoms with van der Waals surface area (Å²) in [5.41, 5.74) is 0.616. The number of carbonyl (C=O) groups is 1. The van der Waals surface area contributed by atoms with E-state index in [0.717, 1.165) is 6.42 Å². The predicted molar refractivity (Wildman–Crippen MR) is 90.4 cm³/mol. The highest BCUT2D eigenvalue weighted by atomic mass is 16.5. The normalized spacial score (nSPS) is 17.1. The Kier molecular flexibility index (Phi) is 4.55. The van der Waals surface area contributed by atoms with Crippen LogP contribution in [-0.2, 0) is 17.8 Å². The Balaban J connectivity index is 2.02. The summed E-state index contributed by atoms with van der Waals surface area (Å²) in [4.78, 5) is 12.5. The zero-order chi connectivity index (χ0) is 18.2. The van der Waals surface area contributed by atoms with Crippen molar-refractivity contribution in [3.63, 3.8) is 0 Å². The van der Waals surface area contributed by atoms with Crippen LogP contribution in [0.2, 0.25) is 0 Å². The molecule has 0 aliphatic carbocycles. The van der Waals surface area contributed by atoms with Gasteiger partial charge in [0.1, 0.15) is 11.3 Å². The molecule has 2 aromatic rings. The number of aryl methyl sites for hydroxylation is 1. The van der Waals surface area contributed by atoms with E-state index in [0.29, 0.717) is 35.8 Å². The van der Waals surface area contributed by atoms with Gasteiger partial charge < -0.3 is 14.6 Å². The molecule has 1 atom stereocenters. The average molecular weight is 348 g/mol. The number of hydrogen-bond acceptors (Lipinski definition) is 6. The van der Waals surface area contributed by atoms with Crippen LogP contribution in [0.3, 0.4) is 0 Å². The Hall–Kier alpha value is -2.35. The van der Waals surface area contributed by atoms with Crippen molar-refractivity contribution in [2.24, 2.45) is 0 Å². The van der Waals surface area contributed by atoms with Gasteiger partial charge in [-0.1, -0.05) is 0 Å². The molecule has 1 N–H and O–H groups in total. The van der Waals surface area contributed by atoms with Crippen LogP contribution < -0.4 is 4.74 Å². The lowest BCUT2D eigenvalue weighted by atomic mass is 10.1. The molecule has 0 radical (unpaired) electrons. The van der Waals surface area contributed by atoms with E-state index in [2.05, 4.69) is 10.2 Å². The summed E-state index contributed by atoms with van der Waals surface area (Å²) in [6.45, 7) is 8.44. The van der Waals surface area contributed by atoms with Crippen LogP contribution in [0.25, 0.3) is 11.3 Å². The van der Waals surface area contributed by atoms with Gasteiger partial charge in [-0.25, -0.2) is 9.48 Å². The molecule has 0 amide bonds. The molecule has 0 bridgehead atoms. The monoisotopic (exact) mass is 348 g/mol. The first kappa shape index (κ1) is 17.5. The summed E-state index contributed by atoms with van der Waals surface area (Å²) in [5, 5.41) is 18.8. The Morgan fingerprint density at radius 1 is 1.52 bits per heavy atom. The number of fused-ring (bicyclic) bond motifs is 1. The highest BCUT2D eigenvalue weighted by molar-refractivity contribution is 5.98. The molecule has 136 valence electrons. The highest BCUT2D eigenvalue weighted by Crippen LogP contribution is 2.34. The van der Waals surface area contributed by atoms with Gasteiger partial charge >= 0.3 is 5.97 Å². The van der Waals surface area contributed by atoms with E-state index in [4.69, 9.17) is 9.47 Å². The maximum Gasteiger partial charge on any atom is 0.345 e. The second-order valence-electron chi connectivity index (χ2n) is 6.93. The zero-order valence-electron chi connectivity index (χ0n) is 15.0. The van der Waals surface area contributed by atoms with Crippen molar-refractivity contribution in [1.29, 1.82) is 0 Å². The van der Waals surface area contributed by atoms with Gasteiger partial charge in [-0.2, -0.15) is 10.2 Å². The van der Waals surface area contributed by atoms with Crippen LogP contribution in [0.15, 0.2) is 12.4 Å². The fourth-order valence-corrected chi connectivity index (χ4v) is 2.83. The van der Waals surface area contributed by atoms with Crippen LogP contribution in [-0.4, -0.2) is 48.9 Å². The Labute approximate surface area is 146 Å². The lowest BCUT2D eigenvalue weighted by Crippen LogP contribution is -2.26. The number of ether oxygens (including phenoxy) is 2. The molecule has 25 heavy (non-hydrogen) atoms. The zero-order valence-corrected chi connectivity index (χ0v) is 15.0. The minimum absolute atomic E-state index is 0.0168. The summed E-state index contributed by atoms with van der Waals surface area (Å²) in [6.07, 6.45) is 4.24. The fraction of sp³-hybridized carbons (Fsp3) is 0.588. The Morgan fingerprint density at radius 2 is 2.28 bits per heavy atom. The molecule has 0 unspecified atom stereocenters. The van der Waals surface area contributed by atoms with Gasteiger partial charge in [0.25, 0.3) is 0 Å². The number of esters is 1. The third-order valence-corrected chi connectivity index (χ3v) is 3.90. The summed E-state index contributed by atoms with van der Waals surface area (Å²) < 4.78 is 14.4. The van der Waals surface area contributed by atoms with Crippen molar-refractivity contribution in [1.82, 2.24) is 19.6 Å². The molecular formula is C17H24N4O4. The summed E-state index contributed by atoms with van der Waals surface area (Å²) >= 11 is 0. The van der Waals surface area contributed by atoms with Crippen LogP contribution >= 0.6 is 0 Å². The molecule has 0 fully saturated rings. The van der Waals surface area contributed by atoms with E-state index < -0.39 is 11.6 Å². The maximum absolute atomic E-state index is 12.5. The van der Waals surface area contributed by atoms with E-state index in [9.17, 15) is 9.90 Å². The summed E-state index contributed by atoms with van der Waals surface area (Å²) in [5.74, 6) is -0.00877. The van der Waals surface area contributed by atoms with Crippen molar-refractivity contribution in [3.05, 3.63) is 18.0 Å². The van der Waals surface area contributed by atoms with Crippen molar-refractivity contribution in [3.8, 4) is 17.1 Å². The Morgan fingerprint density at radius 3 is 2.96 bits per heavy atom. The smallest absolute Gasteiger partial charge is 0.345 e. The first-order chi connectivity index (χ1) is 11.8. The van der Waals surface area contributed by atoms with Gasteiger partial charge in [0, 0.05) is 24.7 Å². The fourth-order valence-electron chi connectivity index (χ4n) is 2.83. The van der Waals surface area contributed by atoms with E-state index >= 15 is 0 Å². The van der Waals surface area contributed by atoms with E-state index in [1.807, 2.05) is 6.92 Å². The van der Waals surface area contributed by atoms with Gasteiger partial charge in [0.05, 0.1) is 31.1 Å². The predicted octanol–water partition coefficient (Wildman–Crippen LogP) is 1.87. The minimum Gasteiger partial charge on any atom is -0.474 e. The van der Waals surface area contributed by atoms with Gasteiger partial charge in [-0.15, -0.1) is 0 Å². The first-order valence-electron chi connectivity index (χ1n) is 8.48. The van der Waals surface area contributed by atoms with E-state index in [1.165, 1.54) is 0 Å². The lowest BCUT2D eigenvalue weighted by Gasteiger charge is -2.21. The number of hydrogen-bond donors (Lipinski definition) is 1. The van der Waals surface area contributed by atoms with Crippen LogP contribution in [0.4, 0.5) is 0 Å². The molecule has 0 saturated heterocycles. The average Bonchev–Trinajstić information content (AvgIpc) is 3.09. The van der Waals surface area contributed by atoms with E-state index in [-0.39, 0.29) is 12.7 Å². The van der Waals surface area contributed by atoms with Crippen molar-refractivity contribution >= 4 is 5.97 Å². The molecule has 1 aliphatic heterocycles. The van der Waals surface area contributed by atoms with Gasteiger partial charge in [-0.3, -0.25) is 4.68 Å². The second-order valence-corrected chi connectivity index (χ2v) is 6.93. The number of rotatable bonds is 5. The van der Waals surface area contributed by atoms with Crippen LogP contribution in [0, 0.1) is 0 Å². The molecule has 0 spiro atoms. The van der Waals surface area contributed by atoms with Crippen molar-refractivity contribution in [2.75, 3.05) is 6.61 Å². The Bertz CT molecular complexity index is 772. The first-order valence-corrected chi connectivity index (χ1v) is 8.48. The molecule has 2 aromatic heterocycles. The topological polar surface area (TPSA) is 91.4 Å². The third-order valence-electron chi connectivity index (χ3n) is 3.90. The quantitative estimate of drug-likeness (QED) is 0.830. The highest BCUT2D eigenvalue weighted by Gasteiger charge is 2.31. The molecular weight excluding hydrogens is 324 g/mol. The summed E-state index contributed by atoms with van der Waals surface area (Å²) in [7, 11) is 0. The number of nitrogens with zero attached hydrogens (tertiary/aromatic N) is 4. The molecule has 1 aliphatic rings. The molecule has 3 rings (SSSR count). The van der Waals surface area contributed by atoms with Gasteiger partial charge in [0.15, 0.2) is 0 Å². The molecule has 0 aromatic carbocycles. The maximum atomic E-state index is 12.5. The number of aromatic nitrogens is 4. The molecule has 0 saturated carbocycles. The van der Waals surface area contributed by atoms with Crippen LogP contribution in [0.5, 0.6) is 5.88 Å². The molecule has 3 heterocycles. The summed E-state index contributed by atoms with van der Waals surface area (Å²) in [6, 6.07) is 0.